The van der Waals surface area contributed by atoms with Crippen molar-refractivity contribution < 1.29 is 23.8 Å². The Kier molecular flexibility index (Phi) is 4.48. The van der Waals surface area contributed by atoms with Crippen molar-refractivity contribution in [2.45, 2.75) is 12.3 Å². The molecule has 126 valence electrons. The molecule has 1 N–H and O–H groups in total. The fraction of sp³-hybridized carbons (Fsp3) is 0.312. The molecule has 2 aliphatic rings. The fourth-order valence-corrected chi connectivity index (χ4v) is 2.64. The molecule has 0 radical (unpaired) electrons. The molecule has 3 rings (SSSR count). The van der Waals surface area contributed by atoms with Crippen LogP contribution < -0.4 is 15.0 Å². The Labute approximate surface area is 138 Å². The molecule has 1 aromatic heterocycles. The van der Waals surface area contributed by atoms with Gasteiger partial charge in [0.2, 0.25) is 0 Å². The summed E-state index contributed by atoms with van der Waals surface area (Å²) >= 11 is 0. The van der Waals surface area contributed by atoms with Gasteiger partial charge in [-0.25, -0.2) is 9.59 Å². The number of aromatic nitrogens is 1. The maximum Gasteiger partial charge on any atom is 0.356 e. The van der Waals surface area contributed by atoms with Crippen molar-refractivity contribution in [3.05, 3.63) is 43.5 Å². The van der Waals surface area contributed by atoms with Crippen LogP contribution in [0.4, 0.5) is 5.69 Å². The average molecular weight is 331 g/mol. The number of carbonyl (C=O) groups excluding carboxylic acids is 2. The highest BCUT2D eigenvalue weighted by Crippen LogP contribution is 2.31. The first-order valence-electron chi connectivity index (χ1n) is 7.48. The van der Waals surface area contributed by atoms with Crippen molar-refractivity contribution in [1.82, 2.24) is 10.3 Å². The summed E-state index contributed by atoms with van der Waals surface area (Å²) in [7, 11) is 0. The second-order valence-corrected chi connectivity index (χ2v) is 5.23. The molecule has 0 bridgehead atoms. The number of hydrogen-bond donors (Lipinski definition) is 1. The van der Waals surface area contributed by atoms with Crippen molar-refractivity contribution in [1.29, 1.82) is 0 Å². The van der Waals surface area contributed by atoms with E-state index < -0.39 is 17.8 Å². The van der Waals surface area contributed by atoms with Crippen LogP contribution in [0.15, 0.2) is 43.5 Å². The van der Waals surface area contributed by atoms with E-state index in [1.165, 1.54) is 12.5 Å². The van der Waals surface area contributed by atoms with Gasteiger partial charge in [-0.1, -0.05) is 6.58 Å². The molecule has 0 aliphatic carbocycles. The molecule has 1 aromatic rings. The third-order valence-electron chi connectivity index (χ3n) is 3.60. The summed E-state index contributed by atoms with van der Waals surface area (Å²) in [5.74, 6) is -2.41. The van der Waals surface area contributed by atoms with Crippen LogP contribution >= 0.6 is 0 Å². The third kappa shape index (κ3) is 3.23. The van der Waals surface area contributed by atoms with E-state index in [4.69, 9.17) is 14.2 Å². The number of esters is 2. The van der Waals surface area contributed by atoms with Crippen LogP contribution in [-0.4, -0.2) is 42.5 Å². The second-order valence-electron chi connectivity index (χ2n) is 5.23. The van der Waals surface area contributed by atoms with E-state index in [9.17, 15) is 9.59 Å². The first kappa shape index (κ1) is 16.0. The number of anilines is 1. The minimum atomic E-state index is -1.58. The lowest BCUT2D eigenvalue weighted by molar-refractivity contribution is -0.217. The number of nitrogens with zero attached hydrogens (tertiary/aromatic N) is 2. The molecule has 0 aromatic carbocycles. The molecule has 1 spiro atoms. The second kappa shape index (κ2) is 6.71. The molecule has 8 heteroatoms. The molecular weight excluding hydrogens is 314 g/mol. The molecule has 0 saturated carbocycles. The van der Waals surface area contributed by atoms with E-state index in [1.54, 1.807) is 17.2 Å². The van der Waals surface area contributed by atoms with Gasteiger partial charge in [0.25, 0.3) is 0 Å². The van der Waals surface area contributed by atoms with Gasteiger partial charge in [0.1, 0.15) is 5.75 Å². The van der Waals surface area contributed by atoms with Gasteiger partial charge in [-0.3, -0.25) is 9.88 Å². The lowest BCUT2D eigenvalue weighted by Gasteiger charge is -2.40. The molecule has 2 aliphatic heterocycles. The van der Waals surface area contributed by atoms with E-state index in [1.807, 2.05) is 0 Å². The van der Waals surface area contributed by atoms with Gasteiger partial charge in [0.15, 0.2) is 0 Å². The molecule has 3 heterocycles. The summed E-state index contributed by atoms with van der Waals surface area (Å²) in [6.07, 6.45) is 7.27. The number of ether oxygens (including phenoxy) is 3. The topological polar surface area (TPSA) is 90.0 Å². The molecule has 0 atom stereocenters. The third-order valence-corrected chi connectivity index (χ3v) is 3.60. The largest absolute Gasteiger partial charge is 0.464 e. The van der Waals surface area contributed by atoms with Crippen LogP contribution in [0.2, 0.25) is 0 Å². The smallest absolute Gasteiger partial charge is 0.356 e. The first-order chi connectivity index (χ1) is 11.6. The Morgan fingerprint density at radius 2 is 2.04 bits per heavy atom. The van der Waals surface area contributed by atoms with Crippen molar-refractivity contribution in [2.75, 3.05) is 24.5 Å². The summed E-state index contributed by atoms with van der Waals surface area (Å²) in [6, 6.07) is 1.71. The number of nitrogens with one attached hydrogen (secondary N) is 1. The lowest BCUT2D eigenvalue weighted by Crippen LogP contribution is -2.58. The number of hydrogen-bond acceptors (Lipinski definition) is 8. The van der Waals surface area contributed by atoms with Crippen LogP contribution in [0.5, 0.6) is 5.75 Å². The van der Waals surface area contributed by atoms with Crippen molar-refractivity contribution >= 4 is 17.6 Å². The van der Waals surface area contributed by atoms with Gasteiger partial charge in [0.05, 0.1) is 30.9 Å². The van der Waals surface area contributed by atoms with Crippen molar-refractivity contribution in [2.24, 2.45) is 0 Å². The van der Waals surface area contributed by atoms with E-state index in [2.05, 4.69) is 16.9 Å². The molecule has 24 heavy (non-hydrogen) atoms. The van der Waals surface area contributed by atoms with E-state index in [-0.39, 0.29) is 6.54 Å². The normalized spacial score (nSPS) is 19.9. The maximum absolute atomic E-state index is 11.9. The summed E-state index contributed by atoms with van der Waals surface area (Å²) in [5, 5.41) is 3.12. The van der Waals surface area contributed by atoms with Crippen LogP contribution in [-0.2, 0) is 19.1 Å². The van der Waals surface area contributed by atoms with Crippen molar-refractivity contribution in [3.8, 4) is 5.75 Å². The number of carbonyl (C=O) groups is 2. The first-order valence-corrected chi connectivity index (χ1v) is 7.48. The molecule has 8 nitrogen and oxygen atoms in total. The van der Waals surface area contributed by atoms with E-state index in [0.717, 1.165) is 18.6 Å². The van der Waals surface area contributed by atoms with Gasteiger partial charge in [-0.05, 0) is 13.0 Å². The summed E-state index contributed by atoms with van der Waals surface area (Å²) < 4.78 is 16.2. The fourth-order valence-electron chi connectivity index (χ4n) is 2.64. The summed E-state index contributed by atoms with van der Waals surface area (Å²) in [6.45, 7) is 4.83. The Bertz CT molecular complexity index is 668. The zero-order valence-corrected chi connectivity index (χ0v) is 12.9. The van der Waals surface area contributed by atoms with Crippen molar-refractivity contribution in [3.63, 3.8) is 0 Å². The highest BCUT2D eigenvalue weighted by Gasteiger charge is 2.47. The molecule has 1 fully saturated rings. The van der Waals surface area contributed by atoms with Gasteiger partial charge in [0, 0.05) is 24.8 Å². The van der Waals surface area contributed by atoms with E-state index >= 15 is 0 Å². The predicted molar refractivity (Wildman–Crippen MR) is 83.9 cm³/mol. The van der Waals surface area contributed by atoms with Gasteiger partial charge in [-0.2, -0.15) is 0 Å². The Morgan fingerprint density at radius 1 is 1.29 bits per heavy atom. The molecule has 0 amide bonds. The number of pyridine rings is 1. The highest BCUT2D eigenvalue weighted by atomic mass is 16.8. The Morgan fingerprint density at radius 3 is 2.75 bits per heavy atom. The molecular formula is C16H17N3O5. The Balaban J connectivity index is 2.01. The molecule has 0 unspecified atom stereocenters. The zero-order chi connectivity index (χ0) is 17.0. The minimum Gasteiger partial charge on any atom is -0.464 e. The van der Waals surface area contributed by atoms with E-state index in [0.29, 0.717) is 24.5 Å². The minimum absolute atomic E-state index is 0.138. The monoisotopic (exact) mass is 331 g/mol. The van der Waals surface area contributed by atoms with Gasteiger partial charge in [-0.15, -0.1) is 0 Å². The quantitative estimate of drug-likeness (QED) is 0.640. The summed E-state index contributed by atoms with van der Waals surface area (Å²) in [5.41, 5.74) is 0.598. The number of rotatable bonds is 3. The highest BCUT2D eigenvalue weighted by molar-refractivity contribution is 5.93. The van der Waals surface area contributed by atoms with Gasteiger partial charge < -0.3 is 19.5 Å². The standard InChI is InChI=1S/C16H17N3O5/c1-2-22-13-8-12(9-18-10-13)19-7-3-6-17-11-16(19)23-14(20)4-5-15(21)24-16/h2,4-5,8-10,17H,1,3,6-7,11H2. The maximum atomic E-state index is 11.9. The zero-order valence-electron chi connectivity index (χ0n) is 12.9. The average Bonchev–Trinajstić information content (AvgIpc) is 2.84. The van der Waals surface area contributed by atoms with Crippen LogP contribution in [0, 0.1) is 0 Å². The van der Waals surface area contributed by atoms with Crippen LogP contribution in [0.3, 0.4) is 0 Å². The molecule has 1 saturated heterocycles. The predicted octanol–water partition coefficient (Wildman–Crippen LogP) is 0.714. The Hall–Kier alpha value is -2.87. The SMILES string of the molecule is C=COc1cncc(N2CCCNCC23OC(=O)C=CC(=O)O3)c1. The summed E-state index contributed by atoms with van der Waals surface area (Å²) in [4.78, 5) is 29.6. The van der Waals surface area contributed by atoms with Gasteiger partial charge >= 0.3 is 17.8 Å². The van der Waals surface area contributed by atoms with Crippen LogP contribution in [0.1, 0.15) is 6.42 Å². The lowest BCUT2D eigenvalue weighted by atomic mass is 10.2. The van der Waals surface area contributed by atoms with Crippen LogP contribution in [0.25, 0.3) is 0 Å².